The number of hydrogen-bond acceptors (Lipinski definition) is 5. The van der Waals surface area contributed by atoms with Crippen LogP contribution < -0.4 is 0 Å². The Morgan fingerprint density at radius 2 is 1.97 bits per heavy atom. The van der Waals surface area contributed by atoms with E-state index in [1.165, 1.54) is 17.0 Å². The molecule has 3 aromatic rings. The first-order valence-corrected chi connectivity index (χ1v) is 9.61. The van der Waals surface area contributed by atoms with Crippen molar-refractivity contribution in [2.24, 2.45) is 0 Å². The van der Waals surface area contributed by atoms with E-state index < -0.39 is 24.5 Å². The van der Waals surface area contributed by atoms with Crippen LogP contribution in [0.15, 0.2) is 40.8 Å². The quantitative estimate of drug-likeness (QED) is 0.517. The average molecular weight is 441 g/mol. The molecule has 1 atom stereocenters. The summed E-state index contributed by atoms with van der Waals surface area (Å²) in [6.07, 6.45) is -1.39. The van der Waals surface area contributed by atoms with Crippen molar-refractivity contribution in [3.05, 3.63) is 52.0 Å². The van der Waals surface area contributed by atoms with E-state index in [1.807, 2.05) is 0 Å². The molecule has 1 fully saturated rings. The molecule has 1 saturated heterocycles. The fourth-order valence-electron chi connectivity index (χ4n) is 3.28. The van der Waals surface area contributed by atoms with Crippen LogP contribution in [0.25, 0.3) is 22.6 Å². The van der Waals surface area contributed by atoms with Gasteiger partial charge in [0.15, 0.2) is 11.7 Å². The molecule has 0 N–H and O–H groups in total. The van der Waals surface area contributed by atoms with Crippen LogP contribution in [0.5, 0.6) is 0 Å². The number of rotatable bonds is 3. The Hall–Kier alpha value is -2.22. The minimum Gasteiger partial charge on any atom is -0.452 e. The predicted molar refractivity (Wildman–Crippen MR) is 106 cm³/mol. The molecule has 9 heteroatoms. The fourth-order valence-corrected chi connectivity index (χ4v) is 3.81. The smallest absolute Gasteiger partial charge is 0.338 e. The number of carbonyl (C=O) groups excluding carboxylic acids is 1. The van der Waals surface area contributed by atoms with Crippen LogP contribution in [-0.2, 0) is 4.74 Å². The summed E-state index contributed by atoms with van der Waals surface area (Å²) in [5.74, 6) is -3.65. The van der Waals surface area contributed by atoms with Gasteiger partial charge in [-0.25, -0.2) is 18.6 Å². The van der Waals surface area contributed by atoms with Crippen molar-refractivity contribution in [1.82, 2.24) is 9.88 Å². The SMILES string of the molecule is CN1CCC(OC(=O)c2ccc3nc(-c4cc(Cl)cc(Cl)c4)oc3c2)C(F)(F)C1. The maximum atomic E-state index is 14.1. The molecule has 1 aliphatic rings. The predicted octanol–water partition coefficient (Wildman–Crippen LogP) is 5.30. The van der Waals surface area contributed by atoms with Crippen molar-refractivity contribution in [3.8, 4) is 11.5 Å². The van der Waals surface area contributed by atoms with Crippen molar-refractivity contribution >= 4 is 40.3 Å². The number of fused-ring (bicyclic) bond motifs is 1. The van der Waals surface area contributed by atoms with Gasteiger partial charge in [-0.15, -0.1) is 0 Å². The number of nitrogens with zero attached hydrogens (tertiary/aromatic N) is 2. The molecule has 1 unspecified atom stereocenters. The molecular weight excluding hydrogens is 425 g/mol. The van der Waals surface area contributed by atoms with Gasteiger partial charge in [-0.05, 0) is 43.4 Å². The molecule has 4 rings (SSSR count). The first kappa shape index (κ1) is 20.1. The minimum atomic E-state index is -3.10. The molecular formula is C20H16Cl2F2N2O3. The summed E-state index contributed by atoms with van der Waals surface area (Å²) >= 11 is 12.0. The van der Waals surface area contributed by atoms with E-state index in [4.69, 9.17) is 32.4 Å². The number of hydrogen-bond donors (Lipinski definition) is 0. The second-order valence-electron chi connectivity index (χ2n) is 7.04. The molecule has 2 aromatic carbocycles. The highest BCUT2D eigenvalue weighted by Gasteiger charge is 2.46. The minimum absolute atomic E-state index is 0.0689. The number of likely N-dealkylation sites (tertiary alicyclic amines) is 1. The number of benzene rings is 2. The summed E-state index contributed by atoms with van der Waals surface area (Å²) in [5.41, 5.74) is 1.51. The fraction of sp³-hybridized carbons (Fsp3) is 0.300. The van der Waals surface area contributed by atoms with Gasteiger partial charge in [-0.3, -0.25) is 0 Å². The zero-order valence-corrected chi connectivity index (χ0v) is 16.8. The highest BCUT2D eigenvalue weighted by atomic mass is 35.5. The van der Waals surface area contributed by atoms with Gasteiger partial charge in [0.2, 0.25) is 5.89 Å². The normalized spacial score (nSPS) is 19.4. The number of ether oxygens (including phenoxy) is 1. The maximum Gasteiger partial charge on any atom is 0.338 e. The van der Waals surface area contributed by atoms with Gasteiger partial charge < -0.3 is 14.1 Å². The van der Waals surface area contributed by atoms with Crippen molar-refractivity contribution in [3.63, 3.8) is 0 Å². The molecule has 1 aliphatic heterocycles. The zero-order valence-electron chi connectivity index (χ0n) is 15.3. The summed E-state index contributed by atoms with van der Waals surface area (Å²) in [7, 11) is 1.61. The van der Waals surface area contributed by atoms with E-state index in [-0.39, 0.29) is 17.9 Å². The molecule has 0 bridgehead atoms. The highest BCUT2D eigenvalue weighted by Crippen LogP contribution is 2.32. The average Bonchev–Trinajstić information content (AvgIpc) is 3.06. The lowest BCUT2D eigenvalue weighted by molar-refractivity contribution is -0.149. The van der Waals surface area contributed by atoms with Gasteiger partial charge in [-0.2, -0.15) is 0 Å². The molecule has 152 valence electrons. The van der Waals surface area contributed by atoms with Crippen LogP contribution in [0.2, 0.25) is 10.0 Å². The Balaban J connectivity index is 1.58. The summed E-state index contributed by atoms with van der Waals surface area (Å²) < 4.78 is 39.1. The van der Waals surface area contributed by atoms with Gasteiger partial charge in [0.25, 0.3) is 5.92 Å². The molecule has 0 saturated carbocycles. The molecule has 29 heavy (non-hydrogen) atoms. The first-order chi connectivity index (χ1) is 13.7. The van der Waals surface area contributed by atoms with Gasteiger partial charge in [-0.1, -0.05) is 23.2 Å². The van der Waals surface area contributed by atoms with Crippen molar-refractivity contribution in [1.29, 1.82) is 0 Å². The second-order valence-corrected chi connectivity index (χ2v) is 7.91. The van der Waals surface area contributed by atoms with Gasteiger partial charge in [0.1, 0.15) is 5.52 Å². The third-order valence-electron chi connectivity index (χ3n) is 4.71. The van der Waals surface area contributed by atoms with Gasteiger partial charge in [0, 0.05) is 28.6 Å². The van der Waals surface area contributed by atoms with Crippen LogP contribution in [0.4, 0.5) is 8.78 Å². The van der Waals surface area contributed by atoms with E-state index >= 15 is 0 Å². The Kier molecular flexibility index (Phi) is 5.23. The second kappa shape index (κ2) is 7.55. The number of aromatic nitrogens is 1. The molecule has 5 nitrogen and oxygen atoms in total. The summed E-state index contributed by atoms with van der Waals surface area (Å²) in [5, 5.41) is 0.858. The number of carbonyl (C=O) groups is 1. The summed E-state index contributed by atoms with van der Waals surface area (Å²) in [6, 6.07) is 9.34. The van der Waals surface area contributed by atoms with E-state index in [9.17, 15) is 13.6 Å². The van der Waals surface area contributed by atoms with Crippen LogP contribution in [0.3, 0.4) is 0 Å². The summed E-state index contributed by atoms with van der Waals surface area (Å²) in [6.45, 7) is -0.0160. The molecule has 0 aliphatic carbocycles. The van der Waals surface area contributed by atoms with Crippen LogP contribution >= 0.6 is 23.2 Å². The number of piperidine rings is 1. The van der Waals surface area contributed by atoms with E-state index in [0.717, 1.165) is 0 Å². The van der Waals surface area contributed by atoms with Crippen molar-refractivity contribution in [2.75, 3.05) is 20.1 Å². The molecule has 0 radical (unpaired) electrons. The highest BCUT2D eigenvalue weighted by molar-refractivity contribution is 6.35. The van der Waals surface area contributed by atoms with Crippen molar-refractivity contribution < 1.29 is 22.7 Å². The maximum absolute atomic E-state index is 14.1. The third-order valence-corrected chi connectivity index (χ3v) is 5.14. The van der Waals surface area contributed by atoms with Gasteiger partial charge in [0.05, 0.1) is 12.1 Å². The van der Waals surface area contributed by atoms with E-state index in [1.54, 1.807) is 31.3 Å². The third kappa shape index (κ3) is 4.22. The van der Waals surface area contributed by atoms with E-state index in [2.05, 4.69) is 4.98 Å². The first-order valence-electron chi connectivity index (χ1n) is 8.86. The van der Waals surface area contributed by atoms with E-state index in [0.29, 0.717) is 33.3 Å². The largest absolute Gasteiger partial charge is 0.452 e. The van der Waals surface area contributed by atoms with Crippen LogP contribution in [-0.4, -0.2) is 48.0 Å². The Labute approximate surface area is 175 Å². The molecule has 0 amide bonds. The topological polar surface area (TPSA) is 55.6 Å². The summed E-state index contributed by atoms with van der Waals surface area (Å²) in [4.78, 5) is 18.3. The number of halogens is 4. The number of oxazole rings is 1. The zero-order chi connectivity index (χ0) is 20.8. The lowest BCUT2D eigenvalue weighted by Gasteiger charge is -2.35. The lowest BCUT2D eigenvalue weighted by Crippen LogP contribution is -2.51. The Morgan fingerprint density at radius 3 is 2.66 bits per heavy atom. The molecule has 0 spiro atoms. The number of alkyl halides is 2. The molecule has 2 heterocycles. The monoisotopic (exact) mass is 440 g/mol. The van der Waals surface area contributed by atoms with Crippen LogP contribution in [0.1, 0.15) is 16.8 Å². The van der Waals surface area contributed by atoms with Crippen molar-refractivity contribution in [2.45, 2.75) is 18.4 Å². The Bertz CT molecular complexity index is 1070. The Morgan fingerprint density at radius 1 is 1.24 bits per heavy atom. The lowest BCUT2D eigenvalue weighted by atomic mass is 10.0. The van der Waals surface area contributed by atoms with Gasteiger partial charge >= 0.3 is 5.97 Å². The van der Waals surface area contributed by atoms with Crippen LogP contribution in [0, 0.1) is 0 Å². The standard InChI is InChI=1S/C20H16Cl2F2N2O3/c1-26-5-4-17(20(23,24)10-26)29-19(27)11-2-3-15-16(8-11)28-18(25-15)12-6-13(21)9-14(22)7-12/h2-3,6-9,17H,4-5,10H2,1H3. The molecule has 1 aromatic heterocycles. The number of esters is 1.